The summed E-state index contributed by atoms with van der Waals surface area (Å²) in [5, 5.41) is 16.9. The van der Waals surface area contributed by atoms with Gasteiger partial charge in [-0.1, -0.05) is 12.1 Å². The number of piperidine rings is 1. The quantitative estimate of drug-likeness (QED) is 0.637. The first-order valence-corrected chi connectivity index (χ1v) is 7.48. The molecule has 2 N–H and O–H groups in total. The molecule has 0 saturated carbocycles. The molecule has 2 rings (SSSR count). The Morgan fingerprint density at radius 2 is 2.18 bits per heavy atom. The van der Waals surface area contributed by atoms with Gasteiger partial charge in [0.2, 0.25) is 5.91 Å². The molecule has 0 aliphatic carbocycles. The number of para-hydroxylation sites is 2. The van der Waals surface area contributed by atoms with E-state index in [1.165, 1.54) is 6.07 Å². The molecule has 1 heterocycles. The minimum atomic E-state index is -0.488. The molecule has 0 spiro atoms. The van der Waals surface area contributed by atoms with Crippen LogP contribution in [0.25, 0.3) is 0 Å². The molecule has 7 heteroatoms. The van der Waals surface area contributed by atoms with E-state index >= 15 is 0 Å². The fourth-order valence-electron chi connectivity index (χ4n) is 2.74. The average molecular weight is 306 g/mol. The number of hydrogen-bond donors (Lipinski definition) is 2. The second-order valence-electron chi connectivity index (χ2n) is 5.56. The normalized spacial score (nSPS) is 20.4. The van der Waals surface area contributed by atoms with Gasteiger partial charge in [0.05, 0.1) is 11.0 Å². The van der Waals surface area contributed by atoms with Gasteiger partial charge >= 0.3 is 0 Å². The van der Waals surface area contributed by atoms with E-state index < -0.39 is 4.92 Å². The lowest BCUT2D eigenvalue weighted by molar-refractivity contribution is -0.383. The molecular formula is C15H22N4O3. The largest absolute Gasteiger partial charge is 0.319 e. The molecule has 1 aliphatic heterocycles. The SMILES string of the molecule is CNC1CCCN(C(C)C(=O)Nc2ccccc2[N+](=O)[O-])C1. The summed E-state index contributed by atoms with van der Waals surface area (Å²) in [5.74, 6) is -0.217. The van der Waals surface area contributed by atoms with Crippen molar-refractivity contribution in [2.45, 2.75) is 31.8 Å². The highest BCUT2D eigenvalue weighted by molar-refractivity contribution is 5.96. The molecule has 2 unspecified atom stereocenters. The number of likely N-dealkylation sites (tertiary alicyclic amines) is 1. The van der Waals surface area contributed by atoms with Crippen LogP contribution in [0.3, 0.4) is 0 Å². The number of hydrogen-bond acceptors (Lipinski definition) is 5. The van der Waals surface area contributed by atoms with Gasteiger partial charge in [-0.15, -0.1) is 0 Å². The topological polar surface area (TPSA) is 87.5 Å². The number of carbonyl (C=O) groups is 1. The maximum atomic E-state index is 12.4. The third-order valence-electron chi connectivity index (χ3n) is 4.15. The van der Waals surface area contributed by atoms with Gasteiger partial charge in [-0.2, -0.15) is 0 Å². The Balaban J connectivity index is 2.04. The Morgan fingerprint density at radius 3 is 2.86 bits per heavy atom. The zero-order valence-electron chi connectivity index (χ0n) is 12.9. The predicted molar refractivity (Wildman–Crippen MR) is 84.8 cm³/mol. The smallest absolute Gasteiger partial charge is 0.292 e. The molecule has 22 heavy (non-hydrogen) atoms. The van der Waals surface area contributed by atoms with Gasteiger partial charge in [-0.25, -0.2) is 0 Å². The van der Waals surface area contributed by atoms with Crippen molar-refractivity contribution in [1.29, 1.82) is 0 Å². The molecule has 2 atom stereocenters. The highest BCUT2D eigenvalue weighted by atomic mass is 16.6. The Morgan fingerprint density at radius 1 is 1.45 bits per heavy atom. The predicted octanol–water partition coefficient (Wildman–Crippen LogP) is 1.61. The first kappa shape index (κ1) is 16.4. The maximum Gasteiger partial charge on any atom is 0.292 e. The molecule has 120 valence electrons. The average Bonchev–Trinajstić information content (AvgIpc) is 2.54. The first-order chi connectivity index (χ1) is 10.5. The Labute approximate surface area is 129 Å². The molecule has 1 amide bonds. The molecular weight excluding hydrogens is 284 g/mol. The third-order valence-corrected chi connectivity index (χ3v) is 4.15. The summed E-state index contributed by atoms with van der Waals surface area (Å²) in [6, 6.07) is 6.25. The van der Waals surface area contributed by atoms with Gasteiger partial charge in [0, 0.05) is 18.7 Å². The summed E-state index contributed by atoms with van der Waals surface area (Å²) in [4.78, 5) is 25.0. The highest BCUT2D eigenvalue weighted by Gasteiger charge is 2.27. The number of nitrogens with zero attached hydrogens (tertiary/aromatic N) is 2. The summed E-state index contributed by atoms with van der Waals surface area (Å²) in [6.45, 7) is 3.51. The monoisotopic (exact) mass is 306 g/mol. The van der Waals surface area contributed by atoms with E-state index in [-0.39, 0.29) is 23.3 Å². The summed E-state index contributed by atoms with van der Waals surface area (Å²) in [6.07, 6.45) is 2.14. The highest BCUT2D eigenvalue weighted by Crippen LogP contribution is 2.24. The van der Waals surface area contributed by atoms with Crippen LogP contribution in [-0.4, -0.2) is 48.0 Å². The van der Waals surface area contributed by atoms with Gasteiger partial charge in [0.1, 0.15) is 5.69 Å². The molecule has 1 saturated heterocycles. The zero-order chi connectivity index (χ0) is 16.1. The number of likely N-dealkylation sites (N-methyl/N-ethyl adjacent to an activating group) is 1. The van der Waals surface area contributed by atoms with Gasteiger partial charge in [0.15, 0.2) is 0 Å². The Hall–Kier alpha value is -1.99. The van der Waals surface area contributed by atoms with Gasteiger partial charge in [-0.05, 0) is 39.4 Å². The fraction of sp³-hybridized carbons (Fsp3) is 0.533. The molecule has 1 aromatic rings. The van der Waals surface area contributed by atoms with Crippen molar-refractivity contribution < 1.29 is 9.72 Å². The number of anilines is 1. The summed E-state index contributed by atoms with van der Waals surface area (Å²) in [7, 11) is 1.92. The van der Waals surface area contributed by atoms with Crippen LogP contribution < -0.4 is 10.6 Å². The van der Waals surface area contributed by atoms with Gasteiger partial charge in [0.25, 0.3) is 5.69 Å². The molecule has 1 aromatic carbocycles. The van der Waals surface area contributed by atoms with Crippen LogP contribution in [0.2, 0.25) is 0 Å². The standard InChI is InChI=1S/C15H22N4O3/c1-11(18-9-5-6-12(10-18)16-2)15(20)17-13-7-3-4-8-14(13)19(21)22/h3-4,7-8,11-12,16H,5-6,9-10H2,1-2H3,(H,17,20). The number of carbonyl (C=O) groups excluding carboxylic acids is 1. The third kappa shape index (κ3) is 3.80. The van der Waals surface area contributed by atoms with Crippen LogP contribution >= 0.6 is 0 Å². The van der Waals surface area contributed by atoms with Crippen molar-refractivity contribution in [3.8, 4) is 0 Å². The summed E-state index contributed by atoms with van der Waals surface area (Å²) >= 11 is 0. The van der Waals surface area contributed by atoms with E-state index in [0.29, 0.717) is 6.04 Å². The van der Waals surface area contributed by atoms with Crippen molar-refractivity contribution in [3.05, 3.63) is 34.4 Å². The van der Waals surface area contributed by atoms with Crippen molar-refractivity contribution >= 4 is 17.3 Å². The van der Waals surface area contributed by atoms with Crippen LogP contribution in [0.15, 0.2) is 24.3 Å². The lowest BCUT2D eigenvalue weighted by Crippen LogP contribution is -2.51. The van der Waals surface area contributed by atoms with Gasteiger partial charge in [-0.3, -0.25) is 19.8 Å². The van der Waals surface area contributed by atoms with E-state index in [1.54, 1.807) is 18.2 Å². The van der Waals surface area contributed by atoms with Crippen LogP contribution in [0.5, 0.6) is 0 Å². The van der Waals surface area contributed by atoms with Crippen LogP contribution in [0, 0.1) is 10.1 Å². The van der Waals surface area contributed by atoms with Crippen LogP contribution in [-0.2, 0) is 4.79 Å². The number of rotatable bonds is 5. The molecule has 0 aromatic heterocycles. The van der Waals surface area contributed by atoms with E-state index in [1.807, 2.05) is 14.0 Å². The number of benzene rings is 1. The minimum Gasteiger partial charge on any atom is -0.319 e. The summed E-state index contributed by atoms with van der Waals surface area (Å²) in [5.41, 5.74) is 0.154. The molecule has 1 aliphatic rings. The van der Waals surface area contributed by atoms with Crippen molar-refractivity contribution in [3.63, 3.8) is 0 Å². The van der Waals surface area contributed by atoms with E-state index in [2.05, 4.69) is 15.5 Å². The fourth-order valence-corrected chi connectivity index (χ4v) is 2.74. The maximum absolute atomic E-state index is 12.4. The van der Waals surface area contributed by atoms with Crippen molar-refractivity contribution in [1.82, 2.24) is 10.2 Å². The van der Waals surface area contributed by atoms with Gasteiger partial charge < -0.3 is 10.6 Å². The van der Waals surface area contributed by atoms with Crippen molar-refractivity contribution in [2.75, 3.05) is 25.5 Å². The summed E-state index contributed by atoms with van der Waals surface area (Å²) < 4.78 is 0. The molecule has 0 radical (unpaired) electrons. The van der Waals surface area contributed by atoms with E-state index in [9.17, 15) is 14.9 Å². The second kappa shape index (κ2) is 7.33. The Kier molecular flexibility index (Phi) is 5.46. The van der Waals surface area contributed by atoms with Crippen LogP contribution in [0.1, 0.15) is 19.8 Å². The number of nitro benzene ring substituents is 1. The lowest BCUT2D eigenvalue weighted by atomic mass is 10.0. The number of nitrogens with one attached hydrogen (secondary N) is 2. The van der Waals surface area contributed by atoms with Crippen LogP contribution in [0.4, 0.5) is 11.4 Å². The van der Waals surface area contributed by atoms with Crippen molar-refractivity contribution in [2.24, 2.45) is 0 Å². The molecule has 0 bridgehead atoms. The lowest BCUT2D eigenvalue weighted by Gasteiger charge is -2.35. The Bertz CT molecular complexity index is 549. The molecule has 7 nitrogen and oxygen atoms in total. The first-order valence-electron chi connectivity index (χ1n) is 7.48. The van der Waals surface area contributed by atoms with E-state index in [4.69, 9.17) is 0 Å². The molecule has 1 fully saturated rings. The zero-order valence-corrected chi connectivity index (χ0v) is 12.9. The number of nitro groups is 1. The van der Waals surface area contributed by atoms with E-state index in [0.717, 1.165) is 25.9 Å². The second-order valence-corrected chi connectivity index (χ2v) is 5.56. The minimum absolute atomic E-state index is 0.0882. The number of amides is 1.